The Morgan fingerprint density at radius 1 is 1.30 bits per heavy atom. The minimum Gasteiger partial charge on any atom is -0.480 e. The summed E-state index contributed by atoms with van der Waals surface area (Å²) in [6, 6.07) is -1.16. The number of aliphatic carboxylic acids is 1. The predicted molar refractivity (Wildman–Crippen MR) is 75.9 cm³/mol. The van der Waals surface area contributed by atoms with Crippen LogP contribution < -0.4 is 10.6 Å². The van der Waals surface area contributed by atoms with E-state index in [1.54, 1.807) is 4.90 Å². The number of carboxylic acid groups (broad SMARTS) is 1. The van der Waals surface area contributed by atoms with Gasteiger partial charge in [0.25, 0.3) is 0 Å². The molecule has 3 N–H and O–H groups in total. The number of piperidine rings is 1. The number of hydrogen-bond acceptors (Lipinski definition) is 4. The zero-order valence-corrected chi connectivity index (χ0v) is 12.4. The molecule has 0 bridgehead atoms. The zero-order chi connectivity index (χ0) is 14.3. The number of nitrogens with one attached hydrogen (secondary N) is 2. The molecule has 1 fully saturated rings. The molecular formula is C12H22ClN3O4. The number of imide groups is 1. The van der Waals surface area contributed by atoms with E-state index in [1.807, 2.05) is 6.92 Å². The normalized spacial score (nSPS) is 18.8. The monoisotopic (exact) mass is 307 g/mol. The molecule has 8 heteroatoms. The molecule has 0 aromatic carbocycles. The van der Waals surface area contributed by atoms with Crippen LogP contribution in [0.1, 0.15) is 32.6 Å². The highest BCUT2D eigenvalue weighted by molar-refractivity contribution is 5.95. The summed E-state index contributed by atoms with van der Waals surface area (Å²) in [6.07, 6.45) is 3.06. The van der Waals surface area contributed by atoms with Gasteiger partial charge >= 0.3 is 12.0 Å². The highest BCUT2D eigenvalue weighted by Crippen LogP contribution is 2.16. The van der Waals surface area contributed by atoms with Gasteiger partial charge in [0.05, 0.1) is 6.54 Å². The van der Waals surface area contributed by atoms with Crippen LogP contribution in [0.4, 0.5) is 4.79 Å². The van der Waals surface area contributed by atoms with E-state index in [0.717, 1.165) is 19.3 Å². The Balaban J connectivity index is 0.00000361. The van der Waals surface area contributed by atoms with Gasteiger partial charge in [-0.15, -0.1) is 12.4 Å². The first-order valence-corrected chi connectivity index (χ1v) is 6.59. The number of urea groups is 1. The lowest BCUT2D eigenvalue weighted by atomic mass is 10.0. The molecule has 3 amide bonds. The molecular weight excluding hydrogens is 286 g/mol. The Bertz CT molecular complexity index is 352. The van der Waals surface area contributed by atoms with E-state index in [1.165, 1.54) is 0 Å². The van der Waals surface area contributed by atoms with Gasteiger partial charge in [0, 0.05) is 6.54 Å². The minimum atomic E-state index is -0.914. The number of halogens is 1. The summed E-state index contributed by atoms with van der Waals surface area (Å²) < 4.78 is 0. The van der Waals surface area contributed by atoms with Crippen molar-refractivity contribution < 1.29 is 19.5 Å². The van der Waals surface area contributed by atoms with Crippen LogP contribution in [0.3, 0.4) is 0 Å². The summed E-state index contributed by atoms with van der Waals surface area (Å²) in [5.74, 6) is -1.38. The van der Waals surface area contributed by atoms with Crippen molar-refractivity contribution >= 4 is 30.3 Å². The Morgan fingerprint density at radius 3 is 2.60 bits per heavy atom. The third-order valence-electron chi connectivity index (χ3n) is 3.03. The molecule has 0 spiro atoms. The fourth-order valence-electron chi connectivity index (χ4n) is 2.09. The van der Waals surface area contributed by atoms with Crippen LogP contribution in [-0.2, 0) is 9.59 Å². The van der Waals surface area contributed by atoms with Gasteiger partial charge in [-0.1, -0.05) is 13.3 Å². The van der Waals surface area contributed by atoms with E-state index in [-0.39, 0.29) is 19.0 Å². The van der Waals surface area contributed by atoms with Crippen molar-refractivity contribution in [3.8, 4) is 0 Å². The van der Waals surface area contributed by atoms with Gasteiger partial charge in [0.2, 0.25) is 5.91 Å². The van der Waals surface area contributed by atoms with E-state index in [2.05, 4.69) is 10.6 Å². The number of carbonyl (C=O) groups excluding carboxylic acids is 2. The van der Waals surface area contributed by atoms with Gasteiger partial charge in [-0.25, -0.2) is 4.79 Å². The molecule has 0 aromatic heterocycles. The number of carboxylic acids is 1. The summed E-state index contributed by atoms with van der Waals surface area (Å²) >= 11 is 0. The van der Waals surface area contributed by atoms with Crippen LogP contribution in [0.2, 0.25) is 0 Å². The number of likely N-dealkylation sites (tertiary alicyclic amines) is 1. The number of carbonyl (C=O) groups is 3. The van der Waals surface area contributed by atoms with Crippen molar-refractivity contribution in [1.82, 2.24) is 15.5 Å². The second-order valence-corrected chi connectivity index (χ2v) is 4.62. The third-order valence-corrected chi connectivity index (χ3v) is 3.03. The fraction of sp³-hybridized carbons (Fsp3) is 0.750. The summed E-state index contributed by atoms with van der Waals surface area (Å²) in [5, 5.41) is 13.8. The van der Waals surface area contributed by atoms with Gasteiger partial charge in [-0.2, -0.15) is 0 Å². The van der Waals surface area contributed by atoms with Gasteiger partial charge in [0.1, 0.15) is 6.04 Å². The third kappa shape index (κ3) is 6.21. The number of rotatable bonds is 5. The predicted octanol–water partition coefficient (Wildman–Crippen LogP) is 0.583. The molecule has 0 radical (unpaired) electrons. The first kappa shape index (κ1) is 18.7. The van der Waals surface area contributed by atoms with Crippen molar-refractivity contribution in [1.29, 1.82) is 0 Å². The molecule has 0 saturated carbocycles. The molecule has 116 valence electrons. The summed E-state index contributed by atoms with van der Waals surface area (Å²) in [4.78, 5) is 35.6. The summed E-state index contributed by atoms with van der Waals surface area (Å²) in [5.41, 5.74) is 0. The zero-order valence-electron chi connectivity index (χ0n) is 11.6. The molecule has 20 heavy (non-hydrogen) atoms. The Morgan fingerprint density at radius 2 is 2.00 bits per heavy atom. The molecule has 1 atom stereocenters. The molecule has 1 unspecified atom stereocenters. The van der Waals surface area contributed by atoms with E-state index in [4.69, 9.17) is 5.11 Å². The SMILES string of the molecule is CCCNC(=O)NC(=O)CN1CCCCC1C(=O)O.Cl. The maximum atomic E-state index is 11.6. The molecule has 1 aliphatic heterocycles. The quantitative estimate of drug-likeness (QED) is 0.690. The van der Waals surface area contributed by atoms with Gasteiger partial charge in [-0.05, 0) is 25.8 Å². The van der Waals surface area contributed by atoms with Crippen molar-refractivity contribution in [3.63, 3.8) is 0 Å². The lowest BCUT2D eigenvalue weighted by Crippen LogP contribution is -2.51. The standard InChI is InChI=1S/C12H21N3O4.ClH/c1-2-6-13-12(19)14-10(16)8-15-7-4-3-5-9(15)11(17)18;/h9H,2-8H2,1H3,(H,17,18)(H2,13,14,16,19);1H. The summed E-state index contributed by atoms with van der Waals surface area (Å²) in [7, 11) is 0. The Labute approximate surface area is 124 Å². The van der Waals surface area contributed by atoms with E-state index < -0.39 is 23.9 Å². The van der Waals surface area contributed by atoms with Crippen LogP contribution in [0.25, 0.3) is 0 Å². The molecule has 1 rings (SSSR count). The Kier molecular flexibility index (Phi) is 8.91. The topological polar surface area (TPSA) is 98.7 Å². The Hall–Kier alpha value is -1.34. The van der Waals surface area contributed by atoms with Crippen LogP contribution in [0.15, 0.2) is 0 Å². The van der Waals surface area contributed by atoms with Gasteiger partial charge in [-0.3, -0.25) is 19.8 Å². The molecule has 1 aliphatic rings. The smallest absolute Gasteiger partial charge is 0.321 e. The highest BCUT2D eigenvalue weighted by atomic mass is 35.5. The van der Waals surface area contributed by atoms with Crippen molar-refractivity contribution in [2.45, 2.75) is 38.6 Å². The van der Waals surface area contributed by atoms with Crippen LogP contribution in [0, 0.1) is 0 Å². The second-order valence-electron chi connectivity index (χ2n) is 4.62. The summed E-state index contributed by atoms with van der Waals surface area (Å²) in [6.45, 7) is 2.92. The maximum Gasteiger partial charge on any atom is 0.321 e. The molecule has 7 nitrogen and oxygen atoms in total. The largest absolute Gasteiger partial charge is 0.480 e. The first-order chi connectivity index (χ1) is 9.04. The van der Waals surface area contributed by atoms with E-state index >= 15 is 0 Å². The number of hydrogen-bond donors (Lipinski definition) is 3. The number of nitrogens with zero attached hydrogens (tertiary/aromatic N) is 1. The molecule has 1 heterocycles. The highest BCUT2D eigenvalue weighted by Gasteiger charge is 2.29. The molecule has 0 aliphatic carbocycles. The molecule has 1 saturated heterocycles. The molecule has 0 aromatic rings. The lowest BCUT2D eigenvalue weighted by Gasteiger charge is -2.31. The average Bonchev–Trinajstić information content (AvgIpc) is 2.36. The van der Waals surface area contributed by atoms with Crippen molar-refractivity contribution in [2.75, 3.05) is 19.6 Å². The number of amides is 3. The van der Waals surface area contributed by atoms with Gasteiger partial charge < -0.3 is 10.4 Å². The van der Waals surface area contributed by atoms with Crippen molar-refractivity contribution in [2.24, 2.45) is 0 Å². The average molecular weight is 308 g/mol. The van der Waals surface area contributed by atoms with E-state index in [0.29, 0.717) is 19.5 Å². The lowest BCUT2D eigenvalue weighted by molar-refractivity contribution is -0.145. The second kappa shape index (κ2) is 9.55. The first-order valence-electron chi connectivity index (χ1n) is 6.59. The van der Waals surface area contributed by atoms with Gasteiger partial charge in [0.15, 0.2) is 0 Å². The van der Waals surface area contributed by atoms with Crippen LogP contribution in [-0.4, -0.2) is 53.6 Å². The minimum absolute atomic E-state index is 0. The maximum absolute atomic E-state index is 11.6. The van der Waals surface area contributed by atoms with Crippen molar-refractivity contribution in [3.05, 3.63) is 0 Å². The van der Waals surface area contributed by atoms with Crippen LogP contribution >= 0.6 is 12.4 Å². The fourth-order valence-corrected chi connectivity index (χ4v) is 2.09. The van der Waals surface area contributed by atoms with E-state index in [9.17, 15) is 14.4 Å². The van der Waals surface area contributed by atoms with Crippen LogP contribution in [0.5, 0.6) is 0 Å².